The van der Waals surface area contributed by atoms with Crippen molar-refractivity contribution < 1.29 is 9.84 Å². The molecule has 20 heavy (non-hydrogen) atoms. The first kappa shape index (κ1) is 16.4. The third-order valence-electron chi connectivity index (χ3n) is 3.23. The van der Waals surface area contributed by atoms with Gasteiger partial charge in [-0.05, 0) is 34.1 Å². The Labute approximate surface area is 120 Å². The summed E-state index contributed by atoms with van der Waals surface area (Å²) in [6.07, 6.45) is 0.874. The summed E-state index contributed by atoms with van der Waals surface area (Å²) in [5, 5.41) is 16.1. The summed E-state index contributed by atoms with van der Waals surface area (Å²) in [6, 6.07) is 0.264. The van der Waals surface area contributed by atoms with E-state index in [9.17, 15) is 5.11 Å². The van der Waals surface area contributed by atoms with Gasteiger partial charge in [0.05, 0.1) is 17.7 Å². The highest BCUT2D eigenvalue weighted by molar-refractivity contribution is 5.38. The van der Waals surface area contributed by atoms with E-state index in [4.69, 9.17) is 4.74 Å². The van der Waals surface area contributed by atoms with Gasteiger partial charge in [0, 0.05) is 7.05 Å². The fourth-order valence-corrected chi connectivity index (χ4v) is 1.21. The second-order valence-corrected chi connectivity index (χ2v) is 5.67. The average molecular weight is 283 g/mol. The van der Waals surface area contributed by atoms with E-state index >= 15 is 0 Å². The normalized spacial score (nSPS) is 12.2. The summed E-state index contributed by atoms with van der Waals surface area (Å²) in [7, 11) is 1.73. The molecule has 0 fully saturated rings. The molecule has 1 aromatic rings. The lowest BCUT2D eigenvalue weighted by Gasteiger charge is -2.37. The topological polar surface area (TPSA) is 92.2 Å². The number of hydrogen-bond donors (Lipinski definition) is 3. The molecule has 0 radical (unpaired) electrons. The van der Waals surface area contributed by atoms with Gasteiger partial charge >= 0.3 is 6.01 Å². The lowest BCUT2D eigenvalue weighted by atomic mass is 9.86. The van der Waals surface area contributed by atoms with Gasteiger partial charge in [0.25, 0.3) is 0 Å². The maximum absolute atomic E-state index is 10.2. The Balaban J connectivity index is 2.99. The van der Waals surface area contributed by atoms with Crippen molar-refractivity contribution in [3.05, 3.63) is 0 Å². The van der Waals surface area contributed by atoms with Crippen LogP contribution in [0.1, 0.15) is 41.0 Å². The van der Waals surface area contributed by atoms with Crippen molar-refractivity contribution in [1.82, 2.24) is 15.0 Å². The van der Waals surface area contributed by atoms with Crippen molar-refractivity contribution in [3.8, 4) is 6.01 Å². The molecule has 7 heteroatoms. The minimum atomic E-state index is -0.941. The van der Waals surface area contributed by atoms with Crippen LogP contribution in [0.15, 0.2) is 0 Å². The number of nitrogens with one attached hydrogen (secondary N) is 2. The number of anilines is 2. The van der Waals surface area contributed by atoms with Gasteiger partial charge in [-0.1, -0.05) is 6.92 Å². The Hall–Kier alpha value is -1.63. The standard InChI is InChI=1S/C13H25N5O2/c1-7-8-20-11-16-9(14-6)15-10(17-11)18-12(2,3)13(4,5)19/h19H,7-8H2,1-6H3,(H2,14,15,16,17,18). The van der Waals surface area contributed by atoms with Gasteiger partial charge in [0.2, 0.25) is 11.9 Å². The quantitative estimate of drug-likeness (QED) is 0.701. The highest BCUT2D eigenvalue weighted by Gasteiger charge is 2.35. The molecule has 1 heterocycles. The Morgan fingerprint density at radius 3 is 2.20 bits per heavy atom. The maximum atomic E-state index is 10.2. The highest BCUT2D eigenvalue weighted by Crippen LogP contribution is 2.25. The van der Waals surface area contributed by atoms with Gasteiger partial charge in [-0.15, -0.1) is 0 Å². The van der Waals surface area contributed by atoms with Gasteiger partial charge < -0.3 is 20.5 Å². The van der Waals surface area contributed by atoms with Gasteiger partial charge in [-0.2, -0.15) is 15.0 Å². The van der Waals surface area contributed by atoms with Crippen LogP contribution >= 0.6 is 0 Å². The molecule has 7 nitrogen and oxygen atoms in total. The van der Waals surface area contributed by atoms with Crippen LogP contribution < -0.4 is 15.4 Å². The minimum Gasteiger partial charge on any atom is -0.463 e. The van der Waals surface area contributed by atoms with Crippen LogP contribution in [0.25, 0.3) is 0 Å². The Kier molecular flexibility index (Phi) is 5.10. The van der Waals surface area contributed by atoms with Gasteiger partial charge in [-0.25, -0.2) is 0 Å². The molecule has 1 rings (SSSR count). The van der Waals surface area contributed by atoms with E-state index in [0.29, 0.717) is 18.5 Å². The Bertz CT molecular complexity index is 443. The lowest BCUT2D eigenvalue weighted by Crippen LogP contribution is -2.51. The summed E-state index contributed by atoms with van der Waals surface area (Å²) in [6.45, 7) is 9.77. The fraction of sp³-hybridized carbons (Fsp3) is 0.769. The summed E-state index contributed by atoms with van der Waals surface area (Å²) in [5.41, 5.74) is -1.55. The van der Waals surface area contributed by atoms with E-state index in [1.54, 1.807) is 20.9 Å². The summed E-state index contributed by atoms with van der Waals surface area (Å²) in [4.78, 5) is 12.6. The molecule has 114 valence electrons. The molecule has 0 spiro atoms. The van der Waals surface area contributed by atoms with E-state index in [1.165, 1.54) is 0 Å². The van der Waals surface area contributed by atoms with Crippen LogP contribution in [-0.2, 0) is 0 Å². The molecular formula is C13H25N5O2. The van der Waals surface area contributed by atoms with Crippen molar-refractivity contribution in [1.29, 1.82) is 0 Å². The van der Waals surface area contributed by atoms with Crippen LogP contribution in [0.2, 0.25) is 0 Å². The molecule has 3 N–H and O–H groups in total. The zero-order chi connectivity index (χ0) is 15.4. The van der Waals surface area contributed by atoms with Crippen LogP contribution in [-0.4, -0.2) is 44.9 Å². The Morgan fingerprint density at radius 2 is 1.70 bits per heavy atom. The second kappa shape index (κ2) is 6.21. The van der Waals surface area contributed by atoms with Gasteiger partial charge in [0.1, 0.15) is 0 Å². The third kappa shape index (κ3) is 4.19. The number of rotatable bonds is 7. The van der Waals surface area contributed by atoms with E-state index in [2.05, 4.69) is 25.6 Å². The molecule has 0 aromatic carbocycles. The average Bonchev–Trinajstić information content (AvgIpc) is 2.34. The van der Waals surface area contributed by atoms with Crippen molar-refractivity contribution in [2.75, 3.05) is 24.3 Å². The number of hydrogen-bond acceptors (Lipinski definition) is 7. The fourth-order valence-electron chi connectivity index (χ4n) is 1.21. The number of aliphatic hydroxyl groups is 1. The van der Waals surface area contributed by atoms with Gasteiger partial charge in [0.15, 0.2) is 0 Å². The molecule has 0 saturated heterocycles. The smallest absolute Gasteiger partial charge is 0.323 e. The molecule has 0 amide bonds. The van der Waals surface area contributed by atoms with Crippen LogP contribution in [0.4, 0.5) is 11.9 Å². The molecule has 0 aliphatic carbocycles. The van der Waals surface area contributed by atoms with E-state index < -0.39 is 11.1 Å². The lowest BCUT2D eigenvalue weighted by molar-refractivity contribution is 0.0236. The van der Waals surface area contributed by atoms with Crippen LogP contribution in [0.3, 0.4) is 0 Å². The predicted octanol–water partition coefficient (Wildman–Crippen LogP) is 1.66. The van der Waals surface area contributed by atoms with E-state index in [0.717, 1.165) is 6.42 Å². The molecule has 1 aromatic heterocycles. The number of ether oxygens (including phenoxy) is 1. The Morgan fingerprint density at radius 1 is 1.10 bits per heavy atom. The molecule has 0 aliphatic heterocycles. The van der Waals surface area contributed by atoms with Crippen LogP contribution in [0.5, 0.6) is 6.01 Å². The van der Waals surface area contributed by atoms with Crippen molar-refractivity contribution in [2.24, 2.45) is 0 Å². The SMILES string of the molecule is CCCOc1nc(NC)nc(NC(C)(C)C(C)(C)O)n1. The van der Waals surface area contributed by atoms with E-state index in [1.807, 2.05) is 20.8 Å². The van der Waals surface area contributed by atoms with Crippen molar-refractivity contribution >= 4 is 11.9 Å². The van der Waals surface area contributed by atoms with E-state index in [-0.39, 0.29) is 6.01 Å². The first-order valence-corrected chi connectivity index (χ1v) is 6.77. The van der Waals surface area contributed by atoms with Crippen molar-refractivity contribution in [3.63, 3.8) is 0 Å². The van der Waals surface area contributed by atoms with Crippen molar-refractivity contribution in [2.45, 2.75) is 52.2 Å². The zero-order valence-electron chi connectivity index (χ0n) is 13.1. The molecule has 0 unspecified atom stereocenters. The molecular weight excluding hydrogens is 258 g/mol. The summed E-state index contributed by atoms with van der Waals surface area (Å²) in [5.74, 6) is 0.780. The second-order valence-electron chi connectivity index (χ2n) is 5.67. The summed E-state index contributed by atoms with van der Waals surface area (Å²) < 4.78 is 5.43. The van der Waals surface area contributed by atoms with Crippen LogP contribution in [0, 0.1) is 0 Å². The largest absolute Gasteiger partial charge is 0.463 e. The highest BCUT2D eigenvalue weighted by atomic mass is 16.5. The molecule has 0 atom stereocenters. The first-order valence-electron chi connectivity index (χ1n) is 6.77. The first-order chi connectivity index (χ1) is 9.19. The zero-order valence-corrected chi connectivity index (χ0v) is 13.1. The molecule has 0 aliphatic rings. The minimum absolute atomic E-state index is 0.264. The summed E-state index contributed by atoms with van der Waals surface area (Å²) >= 11 is 0. The third-order valence-corrected chi connectivity index (χ3v) is 3.23. The van der Waals surface area contributed by atoms with Gasteiger partial charge in [-0.3, -0.25) is 0 Å². The predicted molar refractivity (Wildman–Crippen MR) is 79.2 cm³/mol. The molecule has 0 saturated carbocycles. The number of nitrogens with zero attached hydrogens (tertiary/aromatic N) is 3. The maximum Gasteiger partial charge on any atom is 0.323 e. The number of aromatic nitrogens is 3. The monoisotopic (exact) mass is 283 g/mol. The molecule has 0 bridgehead atoms.